The number of methoxy groups -OCH3 is 1. The highest BCUT2D eigenvalue weighted by atomic mass is 32.2. The lowest BCUT2D eigenvalue weighted by atomic mass is 10.2. The van der Waals surface area contributed by atoms with Gasteiger partial charge < -0.3 is 9.30 Å². The topological polar surface area (TPSA) is 77.4 Å². The number of nitrogens with one attached hydrogen (secondary N) is 1. The molecule has 0 amide bonds. The number of pyridine rings is 1. The minimum Gasteiger partial charge on any atom is -0.496 e. The predicted molar refractivity (Wildman–Crippen MR) is 93.1 cm³/mol. The molecular formula is C17H22N2O4S. The summed E-state index contributed by atoms with van der Waals surface area (Å²) in [4.78, 5) is 12.3. The smallest absolute Gasteiger partial charge is 0.254 e. The Hall–Kier alpha value is -2.12. The predicted octanol–water partition coefficient (Wildman–Crippen LogP) is 1.76. The number of ether oxygens (including phenoxy) is 1. The Labute approximate surface area is 142 Å². The van der Waals surface area contributed by atoms with Crippen LogP contribution in [0.2, 0.25) is 0 Å². The Kier molecular flexibility index (Phi) is 5.46. The lowest BCUT2D eigenvalue weighted by Gasteiger charge is -2.13. The van der Waals surface area contributed by atoms with Crippen LogP contribution in [0.3, 0.4) is 0 Å². The van der Waals surface area contributed by atoms with Crippen LogP contribution in [-0.2, 0) is 16.6 Å². The molecule has 6 nitrogen and oxygen atoms in total. The maximum Gasteiger partial charge on any atom is 0.254 e. The molecule has 0 saturated carbocycles. The summed E-state index contributed by atoms with van der Waals surface area (Å²) in [6.45, 7) is 5.76. The molecule has 1 N–H and O–H groups in total. The van der Waals surface area contributed by atoms with E-state index in [2.05, 4.69) is 4.72 Å². The molecule has 0 aliphatic rings. The Morgan fingerprint density at radius 1 is 1.12 bits per heavy atom. The van der Waals surface area contributed by atoms with Crippen molar-refractivity contribution in [2.45, 2.75) is 32.2 Å². The van der Waals surface area contributed by atoms with Gasteiger partial charge in [-0.05, 0) is 44.0 Å². The maximum absolute atomic E-state index is 12.4. The standard InChI is InChI=1S/C17H22N2O4S/c1-12-5-6-13(2)16(9-12)24(21,22)18-7-8-19-14(3)10-15(23-4)11-17(19)20/h5-6,9-11,18H,7-8H2,1-4H3. The highest BCUT2D eigenvalue weighted by molar-refractivity contribution is 7.89. The van der Waals surface area contributed by atoms with Crippen LogP contribution >= 0.6 is 0 Å². The number of hydrogen-bond donors (Lipinski definition) is 1. The first kappa shape index (κ1) is 18.2. The van der Waals surface area contributed by atoms with Gasteiger partial charge in [0.1, 0.15) is 5.75 Å². The summed E-state index contributed by atoms with van der Waals surface area (Å²) < 4.78 is 34.0. The summed E-state index contributed by atoms with van der Waals surface area (Å²) >= 11 is 0. The van der Waals surface area contributed by atoms with E-state index < -0.39 is 10.0 Å². The zero-order valence-electron chi connectivity index (χ0n) is 14.3. The highest BCUT2D eigenvalue weighted by Crippen LogP contribution is 2.16. The summed E-state index contributed by atoms with van der Waals surface area (Å²) in [5.74, 6) is 0.490. The fourth-order valence-corrected chi connectivity index (χ4v) is 3.82. The normalized spacial score (nSPS) is 11.5. The van der Waals surface area contributed by atoms with E-state index in [1.807, 2.05) is 13.0 Å². The third kappa shape index (κ3) is 4.04. The first-order valence-corrected chi connectivity index (χ1v) is 9.05. The average Bonchev–Trinajstić information content (AvgIpc) is 2.51. The summed E-state index contributed by atoms with van der Waals surface area (Å²) in [7, 11) is -2.12. The molecule has 1 aromatic carbocycles. The number of aromatic nitrogens is 1. The van der Waals surface area contributed by atoms with Crippen molar-refractivity contribution in [2.24, 2.45) is 0 Å². The molecule has 2 rings (SSSR count). The molecule has 130 valence electrons. The van der Waals surface area contributed by atoms with Crippen LogP contribution < -0.4 is 15.0 Å². The number of rotatable bonds is 6. The van der Waals surface area contributed by atoms with Crippen molar-refractivity contribution in [1.82, 2.24) is 9.29 Å². The molecule has 0 spiro atoms. The zero-order valence-corrected chi connectivity index (χ0v) is 15.1. The average molecular weight is 350 g/mol. The van der Waals surface area contributed by atoms with Crippen molar-refractivity contribution in [3.8, 4) is 5.75 Å². The molecule has 0 bridgehead atoms. The summed E-state index contributed by atoms with van der Waals surface area (Å²) in [5.41, 5.74) is 2.05. The van der Waals surface area contributed by atoms with Crippen LogP contribution in [0.25, 0.3) is 0 Å². The molecule has 0 fully saturated rings. The summed E-state index contributed by atoms with van der Waals surface area (Å²) in [6.07, 6.45) is 0. The molecule has 0 radical (unpaired) electrons. The molecule has 0 saturated heterocycles. The van der Waals surface area contributed by atoms with Crippen molar-refractivity contribution in [3.63, 3.8) is 0 Å². The molecule has 1 heterocycles. The van der Waals surface area contributed by atoms with E-state index in [1.54, 1.807) is 32.0 Å². The fourth-order valence-electron chi connectivity index (χ4n) is 2.47. The van der Waals surface area contributed by atoms with Gasteiger partial charge in [-0.25, -0.2) is 13.1 Å². The minimum atomic E-state index is -3.61. The quantitative estimate of drug-likeness (QED) is 0.861. The first-order valence-electron chi connectivity index (χ1n) is 7.57. The van der Waals surface area contributed by atoms with Gasteiger partial charge in [0.2, 0.25) is 10.0 Å². The second-order valence-electron chi connectivity index (χ2n) is 5.69. The fraction of sp³-hybridized carbons (Fsp3) is 0.353. The molecule has 0 unspecified atom stereocenters. The van der Waals surface area contributed by atoms with E-state index in [4.69, 9.17) is 4.74 Å². The lowest BCUT2D eigenvalue weighted by molar-refractivity contribution is 0.411. The van der Waals surface area contributed by atoms with Gasteiger partial charge in [0, 0.05) is 24.8 Å². The van der Waals surface area contributed by atoms with Gasteiger partial charge in [-0.1, -0.05) is 12.1 Å². The molecule has 24 heavy (non-hydrogen) atoms. The Morgan fingerprint density at radius 3 is 2.46 bits per heavy atom. The van der Waals surface area contributed by atoms with Crippen LogP contribution in [0.15, 0.2) is 40.0 Å². The van der Waals surface area contributed by atoms with Crippen LogP contribution in [0.1, 0.15) is 16.8 Å². The summed E-state index contributed by atoms with van der Waals surface area (Å²) in [5, 5.41) is 0. The second kappa shape index (κ2) is 7.19. The molecule has 7 heteroatoms. The largest absolute Gasteiger partial charge is 0.496 e. The van der Waals surface area contributed by atoms with E-state index in [0.717, 1.165) is 5.56 Å². The molecule has 0 aliphatic carbocycles. The number of hydrogen-bond acceptors (Lipinski definition) is 4. The Morgan fingerprint density at radius 2 is 1.83 bits per heavy atom. The third-order valence-corrected chi connectivity index (χ3v) is 5.41. The van der Waals surface area contributed by atoms with E-state index in [0.29, 0.717) is 17.0 Å². The summed E-state index contributed by atoms with van der Waals surface area (Å²) in [6, 6.07) is 8.41. The molecule has 0 aliphatic heterocycles. The van der Waals surface area contributed by atoms with Crippen molar-refractivity contribution in [2.75, 3.05) is 13.7 Å². The molecule has 1 aromatic heterocycles. The van der Waals surface area contributed by atoms with Gasteiger partial charge in [-0.2, -0.15) is 0 Å². The third-order valence-electron chi connectivity index (χ3n) is 3.81. The lowest BCUT2D eigenvalue weighted by Crippen LogP contribution is -2.32. The van der Waals surface area contributed by atoms with E-state index >= 15 is 0 Å². The van der Waals surface area contributed by atoms with E-state index in [9.17, 15) is 13.2 Å². The van der Waals surface area contributed by atoms with Crippen LogP contribution in [0, 0.1) is 20.8 Å². The molecular weight excluding hydrogens is 328 g/mol. The van der Waals surface area contributed by atoms with Gasteiger partial charge in [0.25, 0.3) is 5.56 Å². The van der Waals surface area contributed by atoms with Gasteiger partial charge in [-0.3, -0.25) is 4.79 Å². The SMILES string of the molecule is COc1cc(C)n(CCNS(=O)(=O)c2cc(C)ccc2C)c(=O)c1. The van der Waals surface area contributed by atoms with Gasteiger partial charge in [-0.15, -0.1) is 0 Å². The Bertz CT molecular complexity index is 901. The monoisotopic (exact) mass is 350 g/mol. The maximum atomic E-state index is 12.4. The van der Waals surface area contributed by atoms with Gasteiger partial charge in [0.05, 0.1) is 12.0 Å². The van der Waals surface area contributed by atoms with Gasteiger partial charge >= 0.3 is 0 Å². The molecule has 0 atom stereocenters. The molecule has 2 aromatic rings. The Balaban J connectivity index is 2.14. The number of aryl methyl sites for hydroxylation is 3. The van der Waals surface area contributed by atoms with Crippen LogP contribution in [0.4, 0.5) is 0 Å². The number of benzene rings is 1. The highest BCUT2D eigenvalue weighted by Gasteiger charge is 2.16. The van der Waals surface area contributed by atoms with Crippen molar-refractivity contribution in [3.05, 3.63) is 57.5 Å². The van der Waals surface area contributed by atoms with Crippen LogP contribution in [-0.4, -0.2) is 26.6 Å². The first-order chi connectivity index (χ1) is 11.2. The van der Waals surface area contributed by atoms with E-state index in [1.165, 1.54) is 17.7 Å². The zero-order chi connectivity index (χ0) is 17.9. The number of sulfonamides is 1. The van der Waals surface area contributed by atoms with E-state index in [-0.39, 0.29) is 23.5 Å². The van der Waals surface area contributed by atoms with Gasteiger partial charge in [0.15, 0.2) is 0 Å². The van der Waals surface area contributed by atoms with Crippen LogP contribution in [0.5, 0.6) is 5.75 Å². The number of nitrogens with zero attached hydrogens (tertiary/aromatic N) is 1. The second-order valence-corrected chi connectivity index (χ2v) is 7.43. The van der Waals surface area contributed by atoms with Crippen molar-refractivity contribution in [1.29, 1.82) is 0 Å². The minimum absolute atomic E-state index is 0.128. The van der Waals surface area contributed by atoms with Crippen molar-refractivity contribution >= 4 is 10.0 Å². The van der Waals surface area contributed by atoms with Crippen molar-refractivity contribution < 1.29 is 13.2 Å².